The zero-order valence-corrected chi connectivity index (χ0v) is 11.5. The first-order valence-electron chi connectivity index (χ1n) is 6.49. The molecule has 0 bridgehead atoms. The van der Waals surface area contributed by atoms with E-state index in [1.54, 1.807) is 43.5 Å². The molecule has 0 spiro atoms. The first kappa shape index (κ1) is 13.2. The molecule has 1 aliphatic heterocycles. The Kier molecular flexibility index (Phi) is 3.35. The summed E-state index contributed by atoms with van der Waals surface area (Å²) in [5.74, 6) is 0.977. The highest BCUT2D eigenvalue weighted by molar-refractivity contribution is 5.91. The number of aryl methyl sites for hydroxylation is 1. The van der Waals surface area contributed by atoms with Crippen LogP contribution in [0.2, 0.25) is 0 Å². The summed E-state index contributed by atoms with van der Waals surface area (Å²) in [4.78, 5) is 23.9. The lowest BCUT2D eigenvalue weighted by Crippen LogP contribution is -2.28. The molecule has 1 N–H and O–H groups in total. The molecule has 108 valence electrons. The quantitative estimate of drug-likeness (QED) is 0.929. The van der Waals surface area contributed by atoms with Gasteiger partial charge in [0.05, 0.1) is 0 Å². The normalized spacial score (nSPS) is 12.2. The third-order valence-corrected chi connectivity index (χ3v) is 3.18. The number of anilines is 1. The third kappa shape index (κ3) is 2.74. The smallest absolute Gasteiger partial charge is 0.253 e. The van der Waals surface area contributed by atoms with Crippen molar-refractivity contribution in [2.75, 3.05) is 12.1 Å². The molecule has 1 aromatic carbocycles. The van der Waals surface area contributed by atoms with Gasteiger partial charge in [-0.05, 0) is 25.1 Å². The fraction of sp³-hybridized carbons (Fsp3) is 0.200. The Bertz CT molecular complexity index is 752. The molecule has 0 unspecified atom stereocenters. The van der Waals surface area contributed by atoms with Gasteiger partial charge in [-0.1, -0.05) is 6.07 Å². The van der Waals surface area contributed by atoms with E-state index in [1.165, 1.54) is 4.57 Å². The Morgan fingerprint density at radius 3 is 2.95 bits per heavy atom. The lowest BCUT2D eigenvalue weighted by molar-refractivity contribution is -0.116. The fourth-order valence-corrected chi connectivity index (χ4v) is 2.11. The van der Waals surface area contributed by atoms with Gasteiger partial charge >= 0.3 is 0 Å². The van der Waals surface area contributed by atoms with Crippen molar-refractivity contribution in [2.45, 2.75) is 13.5 Å². The molecule has 1 amide bonds. The number of benzene rings is 1. The van der Waals surface area contributed by atoms with Crippen molar-refractivity contribution < 1.29 is 14.3 Å². The topological polar surface area (TPSA) is 69.6 Å². The molecular formula is C15H14N2O4. The molecule has 1 aliphatic rings. The lowest BCUT2D eigenvalue weighted by Gasteiger charge is -2.08. The highest BCUT2D eigenvalue weighted by Crippen LogP contribution is 2.34. The largest absolute Gasteiger partial charge is 0.454 e. The second-order valence-electron chi connectivity index (χ2n) is 4.74. The predicted molar refractivity (Wildman–Crippen MR) is 76.6 cm³/mol. The average molecular weight is 286 g/mol. The second kappa shape index (κ2) is 5.32. The summed E-state index contributed by atoms with van der Waals surface area (Å²) in [6.45, 7) is 1.87. The minimum absolute atomic E-state index is 0.0328. The minimum Gasteiger partial charge on any atom is -0.454 e. The van der Waals surface area contributed by atoms with Gasteiger partial charge < -0.3 is 19.4 Å². The number of aromatic nitrogens is 1. The number of rotatable bonds is 3. The molecule has 1 aromatic heterocycles. The molecule has 0 saturated heterocycles. The van der Waals surface area contributed by atoms with E-state index in [-0.39, 0.29) is 24.8 Å². The lowest BCUT2D eigenvalue weighted by atomic mass is 10.2. The number of carbonyl (C=O) groups excluding carboxylic acids is 1. The van der Waals surface area contributed by atoms with E-state index in [2.05, 4.69) is 5.32 Å². The highest BCUT2D eigenvalue weighted by atomic mass is 16.7. The Hall–Kier alpha value is -2.76. The Morgan fingerprint density at radius 1 is 1.29 bits per heavy atom. The van der Waals surface area contributed by atoms with Crippen LogP contribution in [0.1, 0.15) is 5.56 Å². The van der Waals surface area contributed by atoms with Crippen molar-refractivity contribution in [1.82, 2.24) is 4.57 Å². The number of nitrogens with zero attached hydrogens (tertiary/aromatic N) is 1. The van der Waals surface area contributed by atoms with Gasteiger partial charge in [-0.2, -0.15) is 0 Å². The van der Waals surface area contributed by atoms with E-state index in [4.69, 9.17) is 9.47 Å². The Morgan fingerprint density at radius 2 is 2.10 bits per heavy atom. The highest BCUT2D eigenvalue weighted by Gasteiger charge is 2.14. The van der Waals surface area contributed by atoms with Gasteiger partial charge in [0.25, 0.3) is 5.56 Å². The van der Waals surface area contributed by atoms with Crippen LogP contribution in [-0.4, -0.2) is 17.3 Å². The van der Waals surface area contributed by atoms with Gasteiger partial charge in [0.15, 0.2) is 11.5 Å². The van der Waals surface area contributed by atoms with E-state index < -0.39 is 0 Å². The van der Waals surface area contributed by atoms with Crippen molar-refractivity contribution in [3.8, 4) is 11.5 Å². The molecule has 0 saturated carbocycles. The number of hydrogen-bond acceptors (Lipinski definition) is 4. The molecule has 21 heavy (non-hydrogen) atoms. The van der Waals surface area contributed by atoms with Crippen molar-refractivity contribution in [2.24, 2.45) is 0 Å². The van der Waals surface area contributed by atoms with Gasteiger partial charge in [-0.15, -0.1) is 0 Å². The molecule has 6 heteroatoms. The number of hydrogen-bond donors (Lipinski definition) is 1. The summed E-state index contributed by atoms with van der Waals surface area (Å²) in [7, 11) is 0. The number of fused-ring (bicyclic) bond motifs is 1. The first-order chi connectivity index (χ1) is 10.1. The van der Waals surface area contributed by atoms with Crippen molar-refractivity contribution in [3.63, 3.8) is 0 Å². The number of nitrogens with one attached hydrogen (secondary N) is 1. The van der Waals surface area contributed by atoms with E-state index in [0.29, 0.717) is 22.7 Å². The zero-order chi connectivity index (χ0) is 14.8. The maximum absolute atomic E-state index is 12.0. The van der Waals surface area contributed by atoms with Crippen LogP contribution in [0.15, 0.2) is 41.3 Å². The van der Waals surface area contributed by atoms with Crippen molar-refractivity contribution >= 4 is 11.6 Å². The monoisotopic (exact) mass is 286 g/mol. The molecule has 0 radical (unpaired) electrons. The molecule has 0 aliphatic carbocycles. The molecule has 2 heterocycles. The summed E-state index contributed by atoms with van der Waals surface area (Å²) in [5, 5.41) is 2.73. The van der Waals surface area contributed by atoms with Crippen LogP contribution in [0.3, 0.4) is 0 Å². The molecule has 2 aromatic rings. The summed E-state index contributed by atoms with van der Waals surface area (Å²) in [5.41, 5.74) is 1.04. The zero-order valence-electron chi connectivity index (χ0n) is 11.5. The Labute approximate surface area is 120 Å². The van der Waals surface area contributed by atoms with Crippen molar-refractivity contribution in [3.05, 3.63) is 52.4 Å². The van der Waals surface area contributed by atoms with E-state index in [9.17, 15) is 9.59 Å². The van der Waals surface area contributed by atoms with Gasteiger partial charge in [-0.3, -0.25) is 9.59 Å². The standard InChI is InChI=1S/C15H14N2O4/c1-10-3-2-6-17(15(10)19)8-14(18)16-11-4-5-12-13(7-11)21-9-20-12/h2-7H,8-9H2,1H3,(H,16,18). The number of pyridine rings is 1. The maximum Gasteiger partial charge on any atom is 0.253 e. The van der Waals surface area contributed by atoms with Crippen LogP contribution in [0.4, 0.5) is 5.69 Å². The second-order valence-corrected chi connectivity index (χ2v) is 4.74. The van der Waals surface area contributed by atoms with E-state index in [1.807, 2.05) is 0 Å². The minimum atomic E-state index is -0.276. The fourth-order valence-electron chi connectivity index (χ4n) is 2.11. The molecule has 0 fully saturated rings. The number of ether oxygens (including phenoxy) is 2. The van der Waals surface area contributed by atoms with Crippen LogP contribution in [0.25, 0.3) is 0 Å². The molecule has 6 nitrogen and oxygen atoms in total. The van der Waals surface area contributed by atoms with Crippen LogP contribution in [0, 0.1) is 6.92 Å². The van der Waals surface area contributed by atoms with Crippen LogP contribution >= 0.6 is 0 Å². The van der Waals surface area contributed by atoms with Gasteiger partial charge in [0, 0.05) is 23.5 Å². The Balaban J connectivity index is 1.72. The van der Waals surface area contributed by atoms with E-state index >= 15 is 0 Å². The SMILES string of the molecule is Cc1cccn(CC(=O)Nc2ccc3c(c2)OCO3)c1=O. The summed E-state index contributed by atoms with van der Waals surface area (Å²) >= 11 is 0. The summed E-state index contributed by atoms with van der Waals surface area (Å²) < 4.78 is 11.8. The summed E-state index contributed by atoms with van der Waals surface area (Å²) in [6.07, 6.45) is 1.59. The maximum atomic E-state index is 12.0. The van der Waals surface area contributed by atoms with Crippen LogP contribution in [-0.2, 0) is 11.3 Å². The molecule has 0 atom stereocenters. The van der Waals surface area contributed by atoms with Gasteiger partial charge in [0.2, 0.25) is 12.7 Å². The van der Waals surface area contributed by atoms with Crippen molar-refractivity contribution in [1.29, 1.82) is 0 Å². The van der Waals surface area contributed by atoms with E-state index in [0.717, 1.165) is 0 Å². The number of amides is 1. The number of carbonyl (C=O) groups is 1. The third-order valence-electron chi connectivity index (χ3n) is 3.18. The molecule has 3 rings (SSSR count). The van der Waals surface area contributed by atoms with Crippen LogP contribution in [0.5, 0.6) is 11.5 Å². The van der Waals surface area contributed by atoms with Crippen LogP contribution < -0.4 is 20.3 Å². The molecular weight excluding hydrogens is 272 g/mol. The summed E-state index contributed by atoms with van der Waals surface area (Å²) in [6, 6.07) is 8.61. The first-order valence-corrected chi connectivity index (χ1v) is 6.49. The van der Waals surface area contributed by atoms with Gasteiger partial charge in [0.1, 0.15) is 6.54 Å². The predicted octanol–water partition coefficient (Wildman–Crippen LogP) is 1.52. The average Bonchev–Trinajstić information content (AvgIpc) is 2.91. The van der Waals surface area contributed by atoms with Gasteiger partial charge in [-0.25, -0.2) is 0 Å².